The number of nitrogens with one attached hydrogen (secondary N) is 1. The molecule has 1 heterocycles. The zero-order valence-electron chi connectivity index (χ0n) is 12.9. The maximum absolute atomic E-state index is 11.9. The fraction of sp³-hybridized carbons (Fsp3) is 0.200. The average molecular weight is 316 g/mol. The monoisotopic (exact) mass is 316 g/mol. The van der Waals surface area contributed by atoms with E-state index < -0.39 is 4.92 Å². The average Bonchev–Trinajstić information content (AvgIpc) is 2.54. The Hall–Kier alpha value is -3.16. The topological polar surface area (TPSA) is 97.6 Å². The third-order valence-corrected chi connectivity index (χ3v) is 3.03. The Morgan fingerprint density at radius 3 is 2.57 bits per heavy atom. The van der Waals surface area contributed by atoms with Crippen LogP contribution in [0.25, 0.3) is 0 Å². The first kappa shape index (κ1) is 16.2. The smallest absolute Gasteiger partial charge is 0.296 e. The summed E-state index contributed by atoms with van der Waals surface area (Å²) in [5.74, 6) is 0.411. The van der Waals surface area contributed by atoms with Gasteiger partial charge in [0.05, 0.1) is 11.0 Å². The molecule has 0 bridgehead atoms. The van der Waals surface area contributed by atoms with Crippen molar-refractivity contribution in [2.45, 2.75) is 0 Å². The molecule has 0 unspecified atom stereocenters. The summed E-state index contributed by atoms with van der Waals surface area (Å²) in [6.45, 7) is 0. The van der Waals surface area contributed by atoms with E-state index in [1.165, 1.54) is 23.2 Å². The van der Waals surface area contributed by atoms with Crippen molar-refractivity contribution in [1.82, 2.24) is 9.88 Å². The molecular weight excluding hydrogens is 300 g/mol. The van der Waals surface area contributed by atoms with Gasteiger partial charge in [0.2, 0.25) is 0 Å². The van der Waals surface area contributed by atoms with Crippen LogP contribution < -0.4 is 10.1 Å². The number of pyridine rings is 1. The van der Waals surface area contributed by atoms with Gasteiger partial charge in [0.15, 0.2) is 0 Å². The summed E-state index contributed by atoms with van der Waals surface area (Å²) < 4.78 is 5.60. The van der Waals surface area contributed by atoms with Gasteiger partial charge < -0.3 is 15.0 Å². The molecule has 0 radical (unpaired) electrons. The molecule has 2 rings (SSSR count). The second kappa shape index (κ2) is 6.73. The van der Waals surface area contributed by atoms with Crippen LogP contribution in [0.1, 0.15) is 10.5 Å². The van der Waals surface area contributed by atoms with Crippen LogP contribution in [-0.4, -0.2) is 41.9 Å². The summed E-state index contributed by atoms with van der Waals surface area (Å²) in [5.41, 5.74) is 0.526. The van der Waals surface area contributed by atoms with Crippen molar-refractivity contribution in [1.29, 1.82) is 0 Å². The zero-order chi connectivity index (χ0) is 17.0. The molecule has 0 aliphatic carbocycles. The van der Waals surface area contributed by atoms with Gasteiger partial charge in [-0.25, -0.2) is 0 Å². The predicted molar refractivity (Wildman–Crippen MR) is 85.0 cm³/mol. The van der Waals surface area contributed by atoms with Gasteiger partial charge in [-0.05, 0) is 18.2 Å². The Bertz CT molecular complexity index is 746. The number of nitro benzene ring substituents is 1. The van der Waals surface area contributed by atoms with Gasteiger partial charge in [0, 0.05) is 33.4 Å². The Kier molecular flexibility index (Phi) is 4.75. The number of hydrogen-bond acceptors (Lipinski definition) is 6. The maximum Gasteiger partial charge on any atom is 0.296 e. The van der Waals surface area contributed by atoms with Gasteiger partial charge in [-0.1, -0.05) is 0 Å². The lowest BCUT2D eigenvalue weighted by molar-refractivity contribution is -0.384. The third kappa shape index (κ3) is 3.73. The van der Waals surface area contributed by atoms with Crippen LogP contribution in [-0.2, 0) is 0 Å². The molecule has 0 saturated carbocycles. The second-order valence-corrected chi connectivity index (χ2v) is 4.86. The predicted octanol–water partition coefficient (Wildman–Crippen LogP) is 2.53. The highest BCUT2D eigenvalue weighted by atomic mass is 16.6. The van der Waals surface area contributed by atoms with Crippen molar-refractivity contribution in [3.63, 3.8) is 0 Å². The Balaban J connectivity index is 2.29. The first-order valence-electron chi connectivity index (χ1n) is 6.74. The number of rotatable bonds is 5. The maximum atomic E-state index is 11.9. The van der Waals surface area contributed by atoms with Gasteiger partial charge in [-0.15, -0.1) is 0 Å². The van der Waals surface area contributed by atoms with Crippen molar-refractivity contribution in [2.75, 3.05) is 26.5 Å². The van der Waals surface area contributed by atoms with Crippen LogP contribution in [0.15, 0.2) is 36.5 Å². The van der Waals surface area contributed by atoms with Crippen LogP contribution in [0.5, 0.6) is 11.5 Å². The van der Waals surface area contributed by atoms with Crippen molar-refractivity contribution in [2.24, 2.45) is 0 Å². The van der Waals surface area contributed by atoms with E-state index in [1.807, 2.05) is 0 Å². The van der Waals surface area contributed by atoms with Crippen LogP contribution in [0.4, 0.5) is 11.4 Å². The summed E-state index contributed by atoms with van der Waals surface area (Å²) in [7, 11) is 4.85. The molecule has 1 amide bonds. The molecule has 0 saturated heterocycles. The summed E-state index contributed by atoms with van der Waals surface area (Å²) in [5, 5.41) is 13.8. The summed E-state index contributed by atoms with van der Waals surface area (Å²) in [4.78, 5) is 27.8. The van der Waals surface area contributed by atoms with E-state index in [4.69, 9.17) is 4.74 Å². The van der Waals surface area contributed by atoms with Gasteiger partial charge >= 0.3 is 0 Å². The summed E-state index contributed by atoms with van der Waals surface area (Å²) >= 11 is 0. The second-order valence-electron chi connectivity index (χ2n) is 4.86. The fourth-order valence-corrected chi connectivity index (χ4v) is 1.89. The van der Waals surface area contributed by atoms with Crippen LogP contribution >= 0.6 is 0 Å². The number of carbonyl (C=O) groups is 1. The van der Waals surface area contributed by atoms with E-state index >= 15 is 0 Å². The lowest BCUT2D eigenvalue weighted by Gasteiger charge is -2.11. The molecule has 1 aromatic heterocycles. The minimum Gasteiger partial charge on any atom is -0.457 e. The zero-order valence-corrected chi connectivity index (χ0v) is 12.9. The van der Waals surface area contributed by atoms with Crippen molar-refractivity contribution < 1.29 is 14.5 Å². The van der Waals surface area contributed by atoms with Crippen molar-refractivity contribution in [3.05, 3.63) is 52.3 Å². The lowest BCUT2D eigenvalue weighted by Crippen LogP contribution is -2.22. The van der Waals surface area contributed by atoms with Gasteiger partial charge in [0.25, 0.3) is 11.6 Å². The summed E-state index contributed by atoms with van der Waals surface area (Å²) in [6, 6.07) is 7.54. The van der Waals surface area contributed by atoms with Crippen molar-refractivity contribution in [3.8, 4) is 11.5 Å². The standard InChI is InChI=1S/C15H16N4O4/c1-16-12-5-4-10(9-14(12)19(21)22)23-11-6-7-17-13(8-11)15(20)18(2)3/h4-9,16H,1-3H3. The number of nitrogens with zero attached hydrogens (tertiary/aromatic N) is 3. The number of aromatic nitrogens is 1. The number of anilines is 1. The highest BCUT2D eigenvalue weighted by Crippen LogP contribution is 2.31. The molecule has 1 N–H and O–H groups in total. The molecule has 0 atom stereocenters. The van der Waals surface area contributed by atoms with Crippen LogP contribution in [0.3, 0.4) is 0 Å². The molecule has 0 aliphatic rings. The van der Waals surface area contributed by atoms with E-state index in [0.29, 0.717) is 17.2 Å². The number of carbonyl (C=O) groups excluding carboxylic acids is 1. The minimum absolute atomic E-state index is 0.0938. The first-order valence-corrected chi connectivity index (χ1v) is 6.74. The molecular formula is C15H16N4O4. The van der Waals surface area contributed by atoms with E-state index in [2.05, 4.69) is 10.3 Å². The minimum atomic E-state index is -0.494. The highest BCUT2D eigenvalue weighted by molar-refractivity contribution is 5.92. The quantitative estimate of drug-likeness (QED) is 0.672. The molecule has 1 aromatic carbocycles. The SMILES string of the molecule is CNc1ccc(Oc2ccnc(C(=O)N(C)C)c2)cc1[N+](=O)[O-]. The molecule has 23 heavy (non-hydrogen) atoms. The van der Waals surface area contributed by atoms with E-state index in [0.717, 1.165) is 0 Å². The fourth-order valence-electron chi connectivity index (χ4n) is 1.89. The summed E-state index contributed by atoms with van der Waals surface area (Å²) in [6.07, 6.45) is 1.45. The Morgan fingerprint density at radius 1 is 1.26 bits per heavy atom. The number of amides is 1. The normalized spacial score (nSPS) is 10.0. The molecule has 8 heteroatoms. The molecule has 0 aliphatic heterocycles. The molecule has 120 valence electrons. The third-order valence-electron chi connectivity index (χ3n) is 3.03. The number of nitro groups is 1. The molecule has 8 nitrogen and oxygen atoms in total. The Morgan fingerprint density at radius 2 is 1.96 bits per heavy atom. The van der Waals surface area contributed by atoms with Crippen molar-refractivity contribution >= 4 is 17.3 Å². The first-order chi connectivity index (χ1) is 10.9. The highest BCUT2D eigenvalue weighted by Gasteiger charge is 2.15. The van der Waals surface area contributed by atoms with Gasteiger partial charge in [-0.3, -0.25) is 19.9 Å². The van der Waals surface area contributed by atoms with Crippen LogP contribution in [0.2, 0.25) is 0 Å². The number of hydrogen-bond donors (Lipinski definition) is 1. The van der Waals surface area contributed by atoms with E-state index in [9.17, 15) is 14.9 Å². The van der Waals surface area contributed by atoms with E-state index in [1.54, 1.807) is 39.3 Å². The van der Waals surface area contributed by atoms with E-state index in [-0.39, 0.29) is 17.3 Å². The van der Waals surface area contributed by atoms with Gasteiger partial charge in [0.1, 0.15) is 22.9 Å². The number of ether oxygens (including phenoxy) is 1. The lowest BCUT2D eigenvalue weighted by atomic mass is 10.2. The Labute approximate surface area is 132 Å². The molecule has 2 aromatic rings. The molecule has 0 fully saturated rings. The number of benzene rings is 1. The molecule has 0 spiro atoms. The largest absolute Gasteiger partial charge is 0.457 e. The van der Waals surface area contributed by atoms with Gasteiger partial charge in [-0.2, -0.15) is 0 Å². The van der Waals surface area contributed by atoms with Crippen LogP contribution in [0, 0.1) is 10.1 Å².